The molecule has 18 heavy (non-hydrogen) atoms. The largest absolute Gasteiger partial charge is 0.480 e. The second-order valence-corrected chi connectivity index (χ2v) is 5.30. The fourth-order valence-electron chi connectivity index (χ4n) is 2.70. The number of nitrogens with zero attached hydrogens (tertiary/aromatic N) is 1. The van der Waals surface area contributed by atoms with Gasteiger partial charge >= 0.3 is 0 Å². The number of ether oxygens (including phenoxy) is 1. The van der Waals surface area contributed by atoms with E-state index >= 15 is 0 Å². The fourth-order valence-corrected chi connectivity index (χ4v) is 2.70. The molecule has 1 amide bonds. The Morgan fingerprint density at radius 3 is 2.83 bits per heavy atom. The van der Waals surface area contributed by atoms with Crippen LogP contribution in [0, 0.1) is 5.92 Å². The summed E-state index contributed by atoms with van der Waals surface area (Å²) in [6.07, 6.45) is 0.315. The van der Waals surface area contributed by atoms with Gasteiger partial charge in [-0.2, -0.15) is 0 Å². The molecule has 0 spiro atoms. The van der Waals surface area contributed by atoms with Gasteiger partial charge in [0.05, 0.1) is 0 Å². The van der Waals surface area contributed by atoms with E-state index in [0.717, 1.165) is 17.9 Å². The van der Waals surface area contributed by atoms with Gasteiger partial charge in [-0.15, -0.1) is 0 Å². The van der Waals surface area contributed by atoms with Crippen molar-refractivity contribution in [3.8, 4) is 5.75 Å². The average Bonchev–Trinajstić information content (AvgIpc) is 2.93. The highest BCUT2D eigenvalue weighted by atomic mass is 16.5. The number of benzene rings is 1. The Morgan fingerprint density at radius 2 is 2.17 bits per heavy atom. The molecule has 0 aliphatic carbocycles. The molecule has 96 valence electrons. The zero-order valence-electron chi connectivity index (χ0n) is 10.5. The average molecular weight is 246 g/mol. The van der Waals surface area contributed by atoms with Crippen molar-refractivity contribution in [3.05, 3.63) is 29.8 Å². The Hall–Kier alpha value is -1.55. The molecular weight excluding hydrogens is 228 g/mol. The molecule has 0 radical (unpaired) electrons. The summed E-state index contributed by atoms with van der Waals surface area (Å²) in [5.41, 5.74) is 7.07. The second-order valence-electron chi connectivity index (χ2n) is 5.30. The van der Waals surface area contributed by atoms with Crippen LogP contribution in [0.4, 0.5) is 0 Å². The van der Waals surface area contributed by atoms with E-state index in [2.05, 4.69) is 6.92 Å². The van der Waals surface area contributed by atoms with Crippen LogP contribution >= 0.6 is 0 Å². The smallest absolute Gasteiger partial charge is 0.264 e. The first-order valence-electron chi connectivity index (χ1n) is 6.44. The third kappa shape index (κ3) is 1.86. The molecule has 3 atom stereocenters. The molecule has 0 saturated carbocycles. The number of likely N-dealkylation sites (tertiary alicyclic amines) is 1. The molecule has 4 nitrogen and oxygen atoms in total. The quantitative estimate of drug-likeness (QED) is 0.797. The number of amides is 1. The minimum atomic E-state index is -0.361. The van der Waals surface area contributed by atoms with Crippen LogP contribution < -0.4 is 10.5 Å². The SMILES string of the molecule is CC1CN(C(=O)C2Cc3ccccc3O2)CC1N. The van der Waals surface area contributed by atoms with E-state index in [9.17, 15) is 4.79 Å². The molecule has 1 saturated heterocycles. The lowest BCUT2D eigenvalue weighted by Gasteiger charge is -2.20. The van der Waals surface area contributed by atoms with E-state index < -0.39 is 0 Å². The minimum absolute atomic E-state index is 0.0750. The highest BCUT2D eigenvalue weighted by Gasteiger charge is 2.37. The third-order valence-electron chi connectivity index (χ3n) is 3.90. The van der Waals surface area contributed by atoms with Gasteiger partial charge in [0.25, 0.3) is 5.91 Å². The van der Waals surface area contributed by atoms with Gasteiger partial charge in [-0.05, 0) is 17.5 Å². The molecule has 0 aromatic heterocycles. The maximum Gasteiger partial charge on any atom is 0.264 e. The van der Waals surface area contributed by atoms with Crippen molar-refractivity contribution in [2.45, 2.75) is 25.5 Å². The van der Waals surface area contributed by atoms with Gasteiger partial charge in [0.2, 0.25) is 0 Å². The van der Waals surface area contributed by atoms with Crippen molar-refractivity contribution in [2.75, 3.05) is 13.1 Å². The summed E-state index contributed by atoms with van der Waals surface area (Å²) >= 11 is 0. The van der Waals surface area contributed by atoms with Crippen LogP contribution in [0.2, 0.25) is 0 Å². The molecular formula is C14H18N2O2. The van der Waals surface area contributed by atoms with Crippen LogP contribution in [0.15, 0.2) is 24.3 Å². The minimum Gasteiger partial charge on any atom is -0.480 e. The molecule has 3 rings (SSSR count). The molecule has 3 unspecified atom stereocenters. The second kappa shape index (κ2) is 4.28. The number of nitrogens with two attached hydrogens (primary N) is 1. The predicted octanol–water partition coefficient (Wildman–Crippen LogP) is 0.796. The summed E-state index contributed by atoms with van der Waals surface area (Å²) in [5.74, 6) is 1.29. The Kier molecular flexibility index (Phi) is 2.74. The van der Waals surface area contributed by atoms with Crippen LogP contribution in [0.5, 0.6) is 5.75 Å². The van der Waals surface area contributed by atoms with Gasteiger partial charge in [0.15, 0.2) is 6.10 Å². The Balaban J connectivity index is 1.70. The summed E-state index contributed by atoms with van der Waals surface area (Å²) in [7, 11) is 0. The van der Waals surface area contributed by atoms with Crippen molar-refractivity contribution in [1.82, 2.24) is 4.90 Å². The maximum absolute atomic E-state index is 12.4. The Morgan fingerprint density at radius 1 is 1.39 bits per heavy atom. The van der Waals surface area contributed by atoms with Gasteiger partial charge in [-0.1, -0.05) is 25.1 Å². The molecule has 2 aliphatic rings. The molecule has 0 bridgehead atoms. The zero-order chi connectivity index (χ0) is 12.7. The van der Waals surface area contributed by atoms with Gasteiger partial charge in [0.1, 0.15) is 5.75 Å². The van der Waals surface area contributed by atoms with Crippen molar-refractivity contribution in [2.24, 2.45) is 11.7 Å². The number of hydrogen-bond donors (Lipinski definition) is 1. The van der Waals surface area contributed by atoms with Crippen molar-refractivity contribution in [1.29, 1.82) is 0 Å². The van der Waals surface area contributed by atoms with E-state index in [0.29, 0.717) is 18.9 Å². The van der Waals surface area contributed by atoms with E-state index in [1.807, 2.05) is 29.2 Å². The lowest BCUT2D eigenvalue weighted by atomic mass is 10.1. The molecule has 2 heterocycles. The molecule has 1 aromatic carbocycles. The highest BCUT2D eigenvalue weighted by molar-refractivity contribution is 5.83. The number of carbonyl (C=O) groups is 1. The first-order valence-corrected chi connectivity index (χ1v) is 6.44. The lowest BCUT2D eigenvalue weighted by Crippen LogP contribution is -2.41. The van der Waals surface area contributed by atoms with Gasteiger partial charge < -0.3 is 15.4 Å². The number of carbonyl (C=O) groups excluding carboxylic acids is 1. The van der Waals surface area contributed by atoms with E-state index in [4.69, 9.17) is 10.5 Å². The summed E-state index contributed by atoms with van der Waals surface area (Å²) < 4.78 is 5.72. The highest BCUT2D eigenvalue weighted by Crippen LogP contribution is 2.29. The van der Waals surface area contributed by atoms with Gasteiger partial charge in [0, 0.05) is 25.6 Å². The normalized spacial score (nSPS) is 30.1. The monoisotopic (exact) mass is 246 g/mol. The molecule has 1 fully saturated rings. The first kappa shape index (κ1) is 11.5. The van der Waals surface area contributed by atoms with Crippen LogP contribution in [0.3, 0.4) is 0 Å². The standard InChI is InChI=1S/C14H18N2O2/c1-9-7-16(8-11(9)15)14(17)13-6-10-4-2-3-5-12(10)18-13/h2-5,9,11,13H,6-8,15H2,1H3. The van der Waals surface area contributed by atoms with Crippen LogP contribution in [-0.4, -0.2) is 36.0 Å². The third-order valence-corrected chi connectivity index (χ3v) is 3.90. The van der Waals surface area contributed by atoms with E-state index in [1.54, 1.807) is 0 Å². The van der Waals surface area contributed by atoms with Crippen LogP contribution in [0.1, 0.15) is 12.5 Å². The van der Waals surface area contributed by atoms with Crippen molar-refractivity contribution >= 4 is 5.91 Å². The predicted molar refractivity (Wildman–Crippen MR) is 68.3 cm³/mol. The summed E-state index contributed by atoms with van der Waals surface area (Å²) in [6.45, 7) is 3.48. The molecule has 2 N–H and O–H groups in total. The molecule has 2 aliphatic heterocycles. The van der Waals surface area contributed by atoms with Crippen molar-refractivity contribution < 1.29 is 9.53 Å². The first-order chi connectivity index (χ1) is 8.65. The van der Waals surface area contributed by atoms with Crippen LogP contribution in [0.25, 0.3) is 0 Å². The molecule has 4 heteroatoms. The summed E-state index contributed by atoms with van der Waals surface area (Å²) in [4.78, 5) is 14.2. The van der Waals surface area contributed by atoms with Crippen molar-refractivity contribution in [3.63, 3.8) is 0 Å². The van der Waals surface area contributed by atoms with E-state index in [1.165, 1.54) is 0 Å². The Bertz CT molecular complexity index is 440. The fraction of sp³-hybridized carbons (Fsp3) is 0.500. The topological polar surface area (TPSA) is 55.6 Å². The molecule has 1 aromatic rings. The lowest BCUT2D eigenvalue weighted by molar-refractivity contribution is -0.137. The number of hydrogen-bond acceptors (Lipinski definition) is 3. The zero-order valence-corrected chi connectivity index (χ0v) is 10.5. The van der Waals surface area contributed by atoms with Crippen LogP contribution in [-0.2, 0) is 11.2 Å². The number of para-hydroxylation sites is 1. The Labute approximate surface area is 107 Å². The summed E-state index contributed by atoms with van der Waals surface area (Å²) in [6, 6.07) is 7.93. The number of fused-ring (bicyclic) bond motifs is 1. The van der Waals surface area contributed by atoms with E-state index in [-0.39, 0.29) is 18.1 Å². The van der Waals surface area contributed by atoms with Gasteiger partial charge in [-0.3, -0.25) is 4.79 Å². The maximum atomic E-state index is 12.4. The van der Waals surface area contributed by atoms with Gasteiger partial charge in [-0.25, -0.2) is 0 Å². The number of rotatable bonds is 1. The summed E-state index contributed by atoms with van der Waals surface area (Å²) in [5, 5.41) is 0.